The van der Waals surface area contributed by atoms with Gasteiger partial charge >= 0.3 is 0 Å². The number of anilines is 4. The van der Waals surface area contributed by atoms with Crippen molar-refractivity contribution in [2.24, 2.45) is 0 Å². The lowest BCUT2D eigenvalue weighted by Crippen LogP contribution is -2.16. The zero-order valence-electron chi connectivity index (χ0n) is 12.0. The Labute approximate surface area is 119 Å². The predicted molar refractivity (Wildman–Crippen MR) is 86.8 cm³/mol. The van der Waals surface area contributed by atoms with Crippen LogP contribution in [0.15, 0.2) is 24.3 Å². The van der Waals surface area contributed by atoms with Crippen LogP contribution < -0.4 is 22.5 Å². The van der Waals surface area contributed by atoms with Crippen molar-refractivity contribution in [3.63, 3.8) is 0 Å². The van der Waals surface area contributed by atoms with Crippen LogP contribution in [0.3, 0.4) is 0 Å². The lowest BCUT2D eigenvalue weighted by atomic mass is 9.82. The van der Waals surface area contributed by atoms with E-state index in [9.17, 15) is 0 Å². The molecule has 0 fully saturated rings. The number of hydrogen-bond acceptors (Lipinski definition) is 4. The number of benzene rings is 2. The second-order valence-corrected chi connectivity index (χ2v) is 5.89. The maximum atomic E-state index is 6.10. The lowest BCUT2D eigenvalue weighted by molar-refractivity contribution is 0.661. The summed E-state index contributed by atoms with van der Waals surface area (Å²) in [6.07, 6.45) is 0. The van der Waals surface area contributed by atoms with Crippen molar-refractivity contribution in [1.29, 1.82) is 0 Å². The van der Waals surface area contributed by atoms with E-state index in [1.807, 2.05) is 25.2 Å². The molecule has 1 aliphatic rings. The average Bonchev–Trinajstić information content (AvgIpc) is 2.59. The Morgan fingerprint density at radius 2 is 1.30 bits per heavy atom. The topological polar surface area (TPSA) is 90.1 Å². The first-order valence-electron chi connectivity index (χ1n) is 6.68. The minimum atomic E-state index is -0.105. The molecule has 0 unspecified atom stereocenters. The lowest BCUT2D eigenvalue weighted by Gasteiger charge is -2.22. The van der Waals surface area contributed by atoms with Crippen LogP contribution in [0.5, 0.6) is 0 Å². The van der Waals surface area contributed by atoms with Gasteiger partial charge in [0.05, 0.1) is 22.7 Å². The van der Waals surface area contributed by atoms with Gasteiger partial charge in [0.25, 0.3) is 0 Å². The number of hydrogen-bond donors (Lipinski definition) is 4. The number of nitrogen functional groups attached to an aromatic ring is 3. The van der Waals surface area contributed by atoms with Crippen molar-refractivity contribution in [2.75, 3.05) is 29.6 Å². The maximum absolute atomic E-state index is 6.10. The van der Waals surface area contributed by atoms with Gasteiger partial charge in [-0.3, -0.25) is 0 Å². The quantitative estimate of drug-likeness (QED) is 0.599. The molecule has 3 rings (SSSR count). The standard InChI is InChI=1S/C16H20N4/c1-16(2)10-6-13(18)12(17)4-8(10)9-5-14(19)15(20-3)7-11(9)16/h4-7,20H,17-19H2,1-3H3. The van der Waals surface area contributed by atoms with E-state index in [1.165, 1.54) is 11.1 Å². The highest BCUT2D eigenvalue weighted by Gasteiger charge is 2.36. The minimum absolute atomic E-state index is 0.105. The number of nitrogens with two attached hydrogens (primary N) is 3. The number of fused-ring (bicyclic) bond motifs is 3. The molecule has 0 saturated heterocycles. The summed E-state index contributed by atoms with van der Waals surface area (Å²) in [5.41, 5.74) is 25.6. The second-order valence-electron chi connectivity index (χ2n) is 5.89. The monoisotopic (exact) mass is 268 g/mol. The van der Waals surface area contributed by atoms with E-state index in [0.29, 0.717) is 11.4 Å². The fourth-order valence-electron chi connectivity index (χ4n) is 3.09. The van der Waals surface area contributed by atoms with Crippen LogP contribution in [0.4, 0.5) is 22.7 Å². The second kappa shape index (κ2) is 3.82. The molecule has 0 saturated carbocycles. The molecule has 0 radical (unpaired) electrons. The van der Waals surface area contributed by atoms with E-state index in [2.05, 4.69) is 25.2 Å². The fourth-order valence-corrected chi connectivity index (χ4v) is 3.09. The van der Waals surface area contributed by atoms with Crippen LogP contribution >= 0.6 is 0 Å². The zero-order valence-corrected chi connectivity index (χ0v) is 12.0. The van der Waals surface area contributed by atoms with Gasteiger partial charge in [-0.15, -0.1) is 0 Å². The maximum Gasteiger partial charge on any atom is 0.0574 e. The number of rotatable bonds is 1. The third-order valence-electron chi connectivity index (χ3n) is 4.32. The molecular formula is C16H20N4. The van der Waals surface area contributed by atoms with Gasteiger partial charge in [-0.05, 0) is 46.5 Å². The molecule has 4 heteroatoms. The highest BCUT2D eigenvalue weighted by atomic mass is 14.8. The van der Waals surface area contributed by atoms with Gasteiger partial charge in [0, 0.05) is 12.5 Å². The molecule has 1 aliphatic carbocycles. The highest BCUT2D eigenvalue weighted by Crippen LogP contribution is 2.51. The normalized spacial score (nSPS) is 14.8. The molecule has 0 aliphatic heterocycles. The molecule has 104 valence electrons. The summed E-state index contributed by atoms with van der Waals surface area (Å²) in [4.78, 5) is 0. The van der Waals surface area contributed by atoms with Gasteiger partial charge in [-0.25, -0.2) is 0 Å². The average molecular weight is 268 g/mol. The molecule has 2 aromatic rings. The van der Waals surface area contributed by atoms with E-state index in [4.69, 9.17) is 17.2 Å². The summed E-state index contributed by atoms with van der Waals surface area (Å²) in [5, 5.41) is 3.14. The molecule has 0 atom stereocenters. The zero-order chi connectivity index (χ0) is 14.7. The fraction of sp³-hybridized carbons (Fsp3) is 0.250. The Hall–Kier alpha value is -2.36. The van der Waals surface area contributed by atoms with Gasteiger partial charge in [-0.1, -0.05) is 13.8 Å². The van der Waals surface area contributed by atoms with Gasteiger partial charge in [0.15, 0.2) is 0 Å². The Morgan fingerprint density at radius 1 is 0.800 bits per heavy atom. The minimum Gasteiger partial charge on any atom is -0.397 e. The SMILES string of the molecule is CNc1cc2c(cc1N)-c1cc(N)c(N)cc1C2(C)C. The summed E-state index contributed by atoms with van der Waals surface area (Å²) in [6, 6.07) is 8.08. The summed E-state index contributed by atoms with van der Waals surface area (Å²) >= 11 is 0. The van der Waals surface area contributed by atoms with E-state index < -0.39 is 0 Å². The molecule has 20 heavy (non-hydrogen) atoms. The van der Waals surface area contributed by atoms with E-state index in [1.54, 1.807) is 0 Å². The number of nitrogens with one attached hydrogen (secondary N) is 1. The smallest absolute Gasteiger partial charge is 0.0574 e. The van der Waals surface area contributed by atoms with Gasteiger partial charge in [-0.2, -0.15) is 0 Å². The van der Waals surface area contributed by atoms with E-state index >= 15 is 0 Å². The molecule has 0 amide bonds. The summed E-state index contributed by atoms with van der Waals surface area (Å²) in [5.74, 6) is 0. The van der Waals surface area contributed by atoms with Crippen molar-refractivity contribution in [2.45, 2.75) is 19.3 Å². The van der Waals surface area contributed by atoms with Crippen LogP contribution in [-0.2, 0) is 5.41 Å². The molecule has 0 aromatic heterocycles. The largest absolute Gasteiger partial charge is 0.397 e. The van der Waals surface area contributed by atoms with Crippen LogP contribution in [0.1, 0.15) is 25.0 Å². The van der Waals surface area contributed by atoms with Crippen LogP contribution in [0.25, 0.3) is 11.1 Å². The van der Waals surface area contributed by atoms with Crippen molar-refractivity contribution in [3.8, 4) is 11.1 Å². The molecule has 2 aromatic carbocycles. The first kappa shape index (κ1) is 12.7. The van der Waals surface area contributed by atoms with E-state index in [-0.39, 0.29) is 5.41 Å². The van der Waals surface area contributed by atoms with Crippen LogP contribution in [0, 0.1) is 0 Å². The first-order valence-corrected chi connectivity index (χ1v) is 6.68. The van der Waals surface area contributed by atoms with Crippen molar-refractivity contribution < 1.29 is 0 Å². The molecule has 0 spiro atoms. The Bertz CT molecular complexity index is 717. The molecule has 0 bridgehead atoms. The van der Waals surface area contributed by atoms with Gasteiger partial charge in [0.2, 0.25) is 0 Å². The summed E-state index contributed by atoms with van der Waals surface area (Å²) in [6.45, 7) is 4.39. The summed E-state index contributed by atoms with van der Waals surface area (Å²) in [7, 11) is 1.88. The van der Waals surface area contributed by atoms with Gasteiger partial charge in [0.1, 0.15) is 0 Å². The summed E-state index contributed by atoms with van der Waals surface area (Å²) < 4.78 is 0. The highest BCUT2D eigenvalue weighted by molar-refractivity contribution is 5.90. The van der Waals surface area contributed by atoms with Crippen molar-refractivity contribution in [3.05, 3.63) is 35.4 Å². The van der Waals surface area contributed by atoms with Gasteiger partial charge < -0.3 is 22.5 Å². The van der Waals surface area contributed by atoms with Crippen molar-refractivity contribution >= 4 is 22.7 Å². The molecular weight excluding hydrogens is 248 g/mol. The molecule has 0 heterocycles. The Balaban J connectivity index is 2.36. The Morgan fingerprint density at radius 3 is 1.90 bits per heavy atom. The van der Waals surface area contributed by atoms with E-state index in [0.717, 1.165) is 22.5 Å². The van der Waals surface area contributed by atoms with Crippen LogP contribution in [-0.4, -0.2) is 7.05 Å². The third-order valence-corrected chi connectivity index (χ3v) is 4.32. The Kier molecular flexibility index (Phi) is 2.42. The van der Waals surface area contributed by atoms with Crippen molar-refractivity contribution in [1.82, 2.24) is 0 Å². The molecule has 7 N–H and O–H groups in total. The molecule has 4 nitrogen and oxygen atoms in total. The first-order chi connectivity index (χ1) is 9.36. The van der Waals surface area contributed by atoms with Crippen LogP contribution in [0.2, 0.25) is 0 Å². The predicted octanol–water partition coefficient (Wildman–Crippen LogP) is 2.78. The third kappa shape index (κ3) is 1.48.